The molecule has 50 heavy (non-hydrogen) atoms. The van der Waals surface area contributed by atoms with Crippen LogP contribution in [0.5, 0.6) is 0 Å². The van der Waals surface area contributed by atoms with E-state index >= 15 is 0 Å². The SMILES string of the molecule is CC[Si](CC)(CC)OCCCC(CO[Si](CC)(CC)CC)(C1C2C=CC=CC2C2CCCCC21)C1C2C=CC=CC2C2CCCCC21.[Cl-].[Cl-].[Zr+2]. The Balaban J connectivity index is 0.00000225. The van der Waals surface area contributed by atoms with Crippen molar-refractivity contribution < 1.29 is 59.9 Å². The van der Waals surface area contributed by atoms with Gasteiger partial charge in [-0.15, -0.1) is 0 Å². The zero-order valence-corrected chi connectivity index (χ0v) is 38.7. The van der Waals surface area contributed by atoms with Gasteiger partial charge in [-0.2, -0.15) is 0 Å². The topological polar surface area (TPSA) is 18.5 Å². The average molecular weight is 839 g/mol. The molecule has 6 aliphatic carbocycles. The first-order chi connectivity index (χ1) is 23.0. The molecule has 6 rings (SSSR count). The first-order valence-corrected chi connectivity index (χ1v) is 26.0. The first-order valence-electron chi connectivity index (χ1n) is 20.9. The van der Waals surface area contributed by atoms with Crippen molar-refractivity contribution in [3.63, 3.8) is 0 Å². The van der Waals surface area contributed by atoms with Gasteiger partial charge in [-0.05, 0) is 139 Å². The number of rotatable bonds is 16. The van der Waals surface area contributed by atoms with E-state index in [2.05, 4.69) is 90.2 Å². The van der Waals surface area contributed by atoms with E-state index in [1.165, 1.54) is 100 Å². The molecule has 4 saturated carbocycles. The fourth-order valence-electron chi connectivity index (χ4n) is 13.2. The van der Waals surface area contributed by atoms with Crippen LogP contribution in [-0.2, 0) is 35.1 Å². The van der Waals surface area contributed by atoms with Gasteiger partial charge in [0.05, 0.1) is 0 Å². The minimum absolute atomic E-state index is 0. The third kappa shape index (κ3) is 8.45. The van der Waals surface area contributed by atoms with E-state index in [9.17, 15) is 0 Å². The molecule has 6 aliphatic rings. The summed E-state index contributed by atoms with van der Waals surface area (Å²) in [6.07, 6.45) is 34.5. The molecule has 282 valence electrons. The van der Waals surface area contributed by atoms with Gasteiger partial charge in [0.15, 0.2) is 16.6 Å². The Morgan fingerprint density at radius 2 is 0.880 bits per heavy atom. The van der Waals surface area contributed by atoms with Gasteiger partial charge in [0, 0.05) is 13.2 Å². The van der Waals surface area contributed by atoms with Crippen LogP contribution in [-0.4, -0.2) is 29.8 Å². The van der Waals surface area contributed by atoms with Crippen LogP contribution in [0.15, 0.2) is 48.6 Å². The fourth-order valence-corrected chi connectivity index (χ4v) is 18.6. The Bertz CT molecular complexity index is 1070. The summed E-state index contributed by atoms with van der Waals surface area (Å²) in [4.78, 5) is 0. The van der Waals surface area contributed by atoms with Crippen LogP contribution in [0, 0.1) is 64.6 Å². The van der Waals surface area contributed by atoms with Crippen LogP contribution >= 0.6 is 0 Å². The summed E-state index contributed by atoms with van der Waals surface area (Å²) in [6, 6.07) is 7.54. The molecule has 10 unspecified atom stereocenters. The van der Waals surface area contributed by atoms with Crippen LogP contribution in [0.1, 0.15) is 106 Å². The largest absolute Gasteiger partial charge is 2.00 e. The van der Waals surface area contributed by atoms with E-state index in [-0.39, 0.29) is 56.4 Å². The van der Waals surface area contributed by atoms with Gasteiger partial charge in [-0.1, -0.05) is 116 Å². The summed E-state index contributed by atoms with van der Waals surface area (Å²) in [5.41, 5.74) is 0.209. The normalized spacial score (nSPS) is 35.1. The zero-order valence-electron chi connectivity index (χ0n) is 32.7. The molecule has 0 amide bonds. The summed E-state index contributed by atoms with van der Waals surface area (Å²) >= 11 is 0. The Labute approximate surface area is 342 Å². The monoisotopic (exact) mass is 836 g/mol. The molecule has 0 aliphatic heterocycles. The molecule has 4 fully saturated rings. The molecule has 2 nitrogen and oxygen atoms in total. The number of hydrogen-bond acceptors (Lipinski definition) is 2. The molecule has 0 bridgehead atoms. The molecular weight excluding hydrogens is 767 g/mol. The molecule has 0 heterocycles. The molecule has 0 radical (unpaired) electrons. The van der Waals surface area contributed by atoms with E-state index in [0.29, 0.717) is 11.8 Å². The third-order valence-electron chi connectivity index (χ3n) is 16.0. The Morgan fingerprint density at radius 3 is 1.28 bits per heavy atom. The van der Waals surface area contributed by atoms with E-state index in [1.807, 2.05) is 0 Å². The van der Waals surface area contributed by atoms with Gasteiger partial charge in [-0.25, -0.2) is 0 Å². The molecule has 0 aromatic rings. The molecule has 0 aromatic carbocycles. The predicted octanol–water partition coefficient (Wildman–Crippen LogP) is 6.39. The summed E-state index contributed by atoms with van der Waals surface area (Å²) in [5, 5.41) is 0. The second kappa shape index (κ2) is 20.1. The van der Waals surface area contributed by atoms with Gasteiger partial charge in [-0.3, -0.25) is 0 Å². The van der Waals surface area contributed by atoms with Crippen molar-refractivity contribution in [2.75, 3.05) is 13.2 Å². The smallest absolute Gasteiger partial charge is 1.00 e. The van der Waals surface area contributed by atoms with Crippen LogP contribution < -0.4 is 24.8 Å². The van der Waals surface area contributed by atoms with E-state index in [0.717, 1.165) is 60.6 Å². The predicted molar refractivity (Wildman–Crippen MR) is 206 cm³/mol. The van der Waals surface area contributed by atoms with Crippen LogP contribution in [0.2, 0.25) is 36.3 Å². The van der Waals surface area contributed by atoms with Crippen molar-refractivity contribution >= 4 is 16.6 Å². The maximum atomic E-state index is 7.77. The summed E-state index contributed by atoms with van der Waals surface area (Å²) < 4.78 is 14.9. The van der Waals surface area contributed by atoms with Crippen LogP contribution in [0.3, 0.4) is 0 Å². The second-order valence-corrected chi connectivity index (χ2v) is 26.6. The first kappa shape index (κ1) is 45.2. The quantitative estimate of drug-likeness (QED) is 0.133. The molecule has 0 N–H and O–H groups in total. The number of hydrogen-bond donors (Lipinski definition) is 0. The molecular formula is C43H72Cl2O2Si2Zr. The summed E-state index contributed by atoms with van der Waals surface area (Å²) in [6.45, 7) is 16.6. The van der Waals surface area contributed by atoms with Gasteiger partial charge in [0.25, 0.3) is 0 Å². The van der Waals surface area contributed by atoms with Gasteiger partial charge < -0.3 is 33.7 Å². The minimum atomic E-state index is -1.79. The Kier molecular flexibility index (Phi) is 18.1. The Hall–Kier alpha value is 0.777. The standard InChI is InChI=1S/C43H72O2Si2.2ClH.Zr/c1-7-46(8-2,9-3)44-31-21-30-43(32-45-47(10-4,11-5)12-6,41-37-26-17-13-22-33(37)34-23-14-18-27-38(34)41)42-39-28-19-15-24-35(39)36-25-16-20-29-40(36)42;;;/h13,15,17,19,22,24,26,28,33-42H,7-12,14,16,18,20-21,23,25,27,29-32H2,1-6H3;2*1H;/q;;;+2/p-2. The van der Waals surface area contributed by atoms with E-state index < -0.39 is 16.6 Å². The zero-order chi connectivity index (χ0) is 33.1. The minimum Gasteiger partial charge on any atom is -1.00 e. The van der Waals surface area contributed by atoms with Crippen molar-refractivity contribution in [1.82, 2.24) is 0 Å². The van der Waals surface area contributed by atoms with E-state index in [4.69, 9.17) is 8.85 Å². The summed E-state index contributed by atoms with van der Waals surface area (Å²) in [5.74, 6) is 7.70. The van der Waals surface area contributed by atoms with Gasteiger partial charge in [0.2, 0.25) is 0 Å². The van der Waals surface area contributed by atoms with E-state index in [1.54, 1.807) is 0 Å². The van der Waals surface area contributed by atoms with Crippen molar-refractivity contribution in [3.05, 3.63) is 48.6 Å². The van der Waals surface area contributed by atoms with Crippen molar-refractivity contribution in [1.29, 1.82) is 0 Å². The maximum Gasteiger partial charge on any atom is 2.00 e. The van der Waals surface area contributed by atoms with Crippen LogP contribution in [0.25, 0.3) is 0 Å². The van der Waals surface area contributed by atoms with Gasteiger partial charge in [0.1, 0.15) is 0 Å². The number of halogens is 2. The molecule has 0 saturated heterocycles. The third-order valence-corrected chi connectivity index (χ3v) is 25.3. The molecule has 10 atom stereocenters. The van der Waals surface area contributed by atoms with Gasteiger partial charge >= 0.3 is 26.2 Å². The molecule has 0 spiro atoms. The molecule has 0 aromatic heterocycles. The Morgan fingerprint density at radius 1 is 0.520 bits per heavy atom. The summed E-state index contributed by atoms with van der Waals surface area (Å²) in [7, 11) is -3.41. The van der Waals surface area contributed by atoms with Crippen molar-refractivity contribution in [2.24, 2.45) is 64.6 Å². The number of allylic oxidation sites excluding steroid dienone is 8. The van der Waals surface area contributed by atoms with Crippen LogP contribution in [0.4, 0.5) is 0 Å². The van der Waals surface area contributed by atoms with Crippen molar-refractivity contribution in [2.45, 2.75) is 142 Å². The number of fused-ring (bicyclic) bond motifs is 6. The second-order valence-electron chi connectivity index (χ2n) is 17.1. The molecule has 7 heteroatoms. The fraction of sp³-hybridized carbons (Fsp3) is 0.814. The average Bonchev–Trinajstić information content (AvgIpc) is 3.66. The van der Waals surface area contributed by atoms with Crippen molar-refractivity contribution in [3.8, 4) is 0 Å². The maximum absolute atomic E-state index is 7.77.